The Labute approximate surface area is 105 Å². The van der Waals surface area contributed by atoms with E-state index in [2.05, 4.69) is 0 Å². The van der Waals surface area contributed by atoms with Crippen molar-refractivity contribution in [3.8, 4) is 0 Å². The summed E-state index contributed by atoms with van der Waals surface area (Å²) in [5, 5.41) is 9.60. The molecule has 3 nitrogen and oxygen atoms in total. The lowest BCUT2D eigenvalue weighted by molar-refractivity contribution is 0.201. The van der Waals surface area contributed by atoms with E-state index in [9.17, 15) is 4.79 Å². The van der Waals surface area contributed by atoms with Gasteiger partial charge in [-0.2, -0.15) is 0 Å². The third kappa shape index (κ3) is 3.91. The maximum atomic E-state index is 11.1. The summed E-state index contributed by atoms with van der Waals surface area (Å²) in [6.07, 6.45) is 0.561. The smallest absolute Gasteiger partial charge is 0.411 e. The number of nitrogens with zero attached hydrogens (tertiary/aromatic N) is 1. The molecule has 5 heteroatoms. The Morgan fingerprint density at radius 1 is 1.38 bits per heavy atom. The molecule has 1 amide bonds. The van der Waals surface area contributed by atoms with E-state index in [1.165, 1.54) is 4.90 Å². The summed E-state index contributed by atoms with van der Waals surface area (Å²) in [7, 11) is 0. The van der Waals surface area contributed by atoms with Gasteiger partial charge in [-0.3, -0.25) is 4.90 Å². The fourth-order valence-electron chi connectivity index (χ4n) is 1.34. The van der Waals surface area contributed by atoms with Crippen molar-refractivity contribution in [2.45, 2.75) is 12.8 Å². The van der Waals surface area contributed by atoms with Crippen molar-refractivity contribution in [2.75, 3.05) is 17.3 Å². The topological polar surface area (TPSA) is 40.5 Å². The molecule has 16 heavy (non-hydrogen) atoms. The van der Waals surface area contributed by atoms with Crippen molar-refractivity contribution in [2.24, 2.45) is 0 Å². The van der Waals surface area contributed by atoms with Gasteiger partial charge in [-0.15, -0.1) is 11.6 Å². The lowest BCUT2D eigenvalue weighted by Gasteiger charge is -2.19. The SMILES string of the molecule is O=C(O)N(CCCCCl)c1cccc(Cl)c1. The first kappa shape index (κ1) is 13.1. The number of unbranched alkanes of at least 4 members (excludes halogenated alkanes) is 1. The molecule has 1 rings (SSSR count). The van der Waals surface area contributed by atoms with Crippen LogP contribution in [0.4, 0.5) is 10.5 Å². The highest BCUT2D eigenvalue weighted by Gasteiger charge is 2.13. The summed E-state index contributed by atoms with van der Waals surface area (Å²) in [4.78, 5) is 12.3. The van der Waals surface area contributed by atoms with Crippen LogP contribution in [0, 0.1) is 0 Å². The standard InChI is InChI=1S/C11H13Cl2NO2/c12-6-1-2-7-14(11(15)16)10-5-3-4-9(13)8-10/h3-5,8H,1-2,6-7H2,(H,15,16). The van der Waals surface area contributed by atoms with E-state index in [0.29, 0.717) is 23.1 Å². The minimum Gasteiger partial charge on any atom is -0.465 e. The van der Waals surface area contributed by atoms with Gasteiger partial charge in [0.25, 0.3) is 0 Å². The molecule has 88 valence electrons. The van der Waals surface area contributed by atoms with Crippen LogP contribution in [0.25, 0.3) is 0 Å². The van der Waals surface area contributed by atoms with E-state index in [4.69, 9.17) is 28.3 Å². The molecule has 0 aromatic heterocycles. The van der Waals surface area contributed by atoms with Crippen molar-refractivity contribution < 1.29 is 9.90 Å². The average Bonchev–Trinajstić information content (AvgIpc) is 2.24. The number of carboxylic acid groups (broad SMARTS) is 1. The Morgan fingerprint density at radius 3 is 2.69 bits per heavy atom. The van der Waals surface area contributed by atoms with Gasteiger partial charge in [0.05, 0.1) is 0 Å². The molecule has 0 fully saturated rings. The van der Waals surface area contributed by atoms with Gasteiger partial charge in [0.2, 0.25) is 0 Å². The molecule has 0 atom stereocenters. The molecule has 0 saturated heterocycles. The van der Waals surface area contributed by atoms with Gasteiger partial charge in [-0.05, 0) is 31.0 Å². The number of benzene rings is 1. The highest BCUT2D eigenvalue weighted by atomic mass is 35.5. The minimum absolute atomic E-state index is 0.433. The van der Waals surface area contributed by atoms with Gasteiger partial charge in [0.1, 0.15) is 0 Å². The van der Waals surface area contributed by atoms with Crippen LogP contribution in [-0.4, -0.2) is 23.6 Å². The highest BCUT2D eigenvalue weighted by molar-refractivity contribution is 6.30. The van der Waals surface area contributed by atoms with Crippen LogP contribution in [0.3, 0.4) is 0 Å². The second-order valence-corrected chi connectivity index (χ2v) is 4.12. The maximum absolute atomic E-state index is 11.1. The summed E-state index contributed by atoms with van der Waals surface area (Å²) in [6.45, 7) is 0.433. The quantitative estimate of drug-likeness (QED) is 0.646. The number of halogens is 2. The molecular weight excluding hydrogens is 249 g/mol. The number of rotatable bonds is 5. The zero-order valence-electron chi connectivity index (χ0n) is 8.70. The summed E-state index contributed by atoms with van der Waals surface area (Å²) < 4.78 is 0. The van der Waals surface area contributed by atoms with Gasteiger partial charge in [-0.25, -0.2) is 4.79 Å². The Hall–Kier alpha value is -0.930. The number of hydrogen-bond acceptors (Lipinski definition) is 1. The highest BCUT2D eigenvalue weighted by Crippen LogP contribution is 2.20. The van der Waals surface area contributed by atoms with Crippen LogP contribution < -0.4 is 4.90 Å². The molecule has 0 bridgehead atoms. The predicted molar refractivity (Wildman–Crippen MR) is 66.8 cm³/mol. The Kier molecular flexibility index (Phi) is 5.43. The Balaban J connectivity index is 2.73. The van der Waals surface area contributed by atoms with Crippen molar-refractivity contribution in [1.29, 1.82) is 0 Å². The van der Waals surface area contributed by atoms with Crippen LogP contribution in [0.15, 0.2) is 24.3 Å². The van der Waals surface area contributed by atoms with Crippen LogP contribution >= 0.6 is 23.2 Å². The number of anilines is 1. The van der Waals surface area contributed by atoms with Crippen LogP contribution in [-0.2, 0) is 0 Å². The van der Waals surface area contributed by atoms with Gasteiger partial charge in [0.15, 0.2) is 0 Å². The zero-order valence-corrected chi connectivity index (χ0v) is 10.2. The third-order valence-corrected chi connectivity index (χ3v) is 2.62. The lowest BCUT2D eigenvalue weighted by atomic mass is 10.2. The normalized spacial score (nSPS) is 10.1. The van der Waals surface area contributed by atoms with E-state index in [0.717, 1.165) is 12.8 Å². The fourth-order valence-corrected chi connectivity index (χ4v) is 1.72. The van der Waals surface area contributed by atoms with Gasteiger partial charge in [-0.1, -0.05) is 17.7 Å². The van der Waals surface area contributed by atoms with E-state index in [1.54, 1.807) is 24.3 Å². The molecule has 1 N–H and O–H groups in total. The average molecular weight is 262 g/mol. The van der Waals surface area contributed by atoms with E-state index in [-0.39, 0.29) is 0 Å². The van der Waals surface area contributed by atoms with E-state index in [1.807, 2.05) is 0 Å². The summed E-state index contributed by atoms with van der Waals surface area (Å²) >= 11 is 11.4. The first-order valence-corrected chi connectivity index (χ1v) is 5.88. The largest absolute Gasteiger partial charge is 0.465 e. The van der Waals surface area contributed by atoms with E-state index < -0.39 is 6.09 Å². The minimum atomic E-state index is -0.975. The number of alkyl halides is 1. The second-order valence-electron chi connectivity index (χ2n) is 3.31. The molecule has 0 aliphatic rings. The first-order chi connectivity index (χ1) is 7.65. The van der Waals surface area contributed by atoms with Gasteiger partial charge in [0, 0.05) is 23.1 Å². The van der Waals surface area contributed by atoms with Crippen LogP contribution in [0.1, 0.15) is 12.8 Å². The first-order valence-electron chi connectivity index (χ1n) is 4.97. The molecular formula is C11H13Cl2NO2. The van der Waals surface area contributed by atoms with Gasteiger partial charge >= 0.3 is 6.09 Å². The molecule has 0 unspecified atom stereocenters. The molecule has 0 spiro atoms. The van der Waals surface area contributed by atoms with Crippen molar-refractivity contribution in [1.82, 2.24) is 0 Å². The number of carbonyl (C=O) groups is 1. The summed E-state index contributed by atoms with van der Waals surface area (Å²) in [6, 6.07) is 6.80. The van der Waals surface area contributed by atoms with Gasteiger partial charge < -0.3 is 5.11 Å². The number of amides is 1. The molecule has 0 aliphatic carbocycles. The van der Waals surface area contributed by atoms with Crippen molar-refractivity contribution in [3.63, 3.8) is 0 Å². The Bertz CT molecular complexity index is 358. The molecule has 1 aromatic rings. The maximum Gasteiger partial charge on any atom is 0.411 e. The molecule has 0 heterocycles. The third-order valence-electron chi connectivity index (χ3n) is 2.12. The molecule has 0 aliphatic heterocycles. The fraction of sp³-hybridized carbons (Fsp3) is 0.364. The summed E-state index contributed by atoms with van der Waals surface area (Å²) in [5.74, 6) is 0.545. The molecule has 1 aromatic carbocycles. The lowest BCUT2D eigenvalue weighted by Crippen LogP contribution is -2.30. The van der Waals surface area contributed by atoms with E-state index >= 15 is 0 Å². The monoisotopic (exact) mass is 261 g/mol. The molecule has 0 saturated carbocycles. The summed E-state index contributed by atoms with van der Waals surface area (Å²) in [5.41, 5.74) is 0.592. The van der Waals surface area contributed by atoms with Crippen LogP contribution in [0.2, 0.25) is 5.02 Å². The zero-order chi connectivity index (χ0) is 12.0. The Morgan fingerprint density at radius 2 is 2.12 bits per heavy atom. The van der Waals surface area contributed by atoms with Crippen molar-refractivity contribution >= 4 is 35.0 Å². The number of hydrogen-bond donors (Lipinski definition) is 1. The second kappa shape index (κ2) is 6.61. The van der Waals surface area contributed by atoms with Crippen LogP contribution in [0.5, 0.6) is 0 Å². The molecule has 0 radical (unpaired) electrons. The predicted octanol–water partition coefficient (Wildman–Crippen LogP) is 3.84. The van der Waals surface area contributed by atoms with Crippen molar-refractivity contribution in [3.05, 3.63) is 29.3 Å².